The molecule has 0 heterocycles. The molecule has 0 saturated carbocycles. The van der Waals surface area contributed by atoms with E-state index >= 15 is 0 Å². The highest BCUT2D eigenvalue weighted by atomic mass is 16.5. The molecule has 0 aromatic heterocycles. The standard InChI is InChI=1S/C18H18N2O2/c1-14(12-15-6-4-3-5-7-15)13-19-20-18(21)16-8-10-17(22-2)11-9-16/h3-13H,1-2H3,(H,20,21)/b14-12-,19-13+. The van der Waals surface area contributed by atoms with Crippen LogP contribution in [-0.4, -0.2) is 19.2 Å². The number of amides is 1. The summed E-state index contributed by atoms with van der Waals surface area (Å²) in [5.41, 5.74) is 5.07. The minimum Gasteiger partial charge on any atom is -0.497 e. The zero-order valence-corrected chi connectivity index (χ0v) is 12.6. The van der Waals surface area contributed by atoms with Crippen LogP contribution in [0.2, 0.25) is 0 Å². The Morgan fingerprint density at radius 1 is 1.09 bits per heavy atom. The molecule has 112 valence electrons. The van der Waals surface area contributed by atoms with Gasteiger partial charge in [-0.25, -0.2) is 5.43 Å². The van der Waals surface area contributed by atoms with Crippen molar-refractivity contribution >= 4 is 18.2 Å². The third-order valence-electron chi connectivity index (χ3n) is 2.98. The van der Waals surface area contributed by atoms with E-state index < -0.39 is 0 Å². The van der Waals surface area contributed by atoms with Gasteiger partial charge in [0, 0.05) is 5.56 Å². The molecule has 0 atom stereocenters. The number of nitrogens with one attached hydrogen (secondary N) is 1. The Morgan fingerprint density at radius 2 is 1.77 bits per heavy atom. The summed E-state index contributed by atoms with van der Waals surface area (Å²) in [7, 11) is 1.58. The molecular formula is C18H18N2O2. The van der Waals surface area contributed by atoms with Crippen molar-refractivity contribution in [2.75, 3.05) is 7.11 Å². The van der Waals surface area contributed by atoms with E-state index in [1.807, 2.05) is 43.3 Å². The number of ether oxygens (including phenoxy) is 1. The molecule has 2 aromatic carbocycles. The summed E-state index contributed by atoms with van der Waals surface area (Å²) >= 11 is 0. The minimum absolute atomic E-state index is 0.258. The lowest BCUT2D eigenvalue weighted by atomic mass is 10.1. The van der Waals surface area contributed by atoms with Gasteiger partial charge < -0.3 is 4.74 Å². The van der Waals surface area contributed by atoms with Gasteiger partial charge >= 0.3 is 0 Å². The Balaban J connectivity index is 1.93. The van der Waals surface area contributed by atoms with E-state index in [4.69, 9.17) is 4.74 Å². The second kappa shape index (κ2) is 7.78. The van der Waals surface area contributed by atoms with E-state index in [1.165, 1.54) is 0 Å². The average Bonchev–Trinajstić information content (AvgIpc) is 2.55. The molecule has 4 heteroatoms. The van der Waals surface area contributed by atoms with Crippen molar-refractivity contribution in [3.63, 3.8) is 0 Å². The van der Waals surface area contributed by atoms with Crippen LogP contribution in [0.5, 0.6) is 5.75 Å². The lowest BCUT2D eigenvalue weighted by Crippen LogP contribution is -2.17. The maximum absolute atomic E-state index is 11.9. The molecule has 1 amide bonds. The molecular weight excluding hydrogens is 276 g/mol. The number of carbonyl (C=O) groups excluding carboxylic acids is 1. The van der Waals surface area contributed by atoms with Crippen LogP contribution in [0.3, 0.4) is 0 Å². The third-order valence-corrected chi connectivity index (χ3v) is 2.98. The summed E-state index contributed by atoms with van der Waals surface area (Å²) in [5, 5.41) is 3.96. The fourth-order valence-electron chi connectivity index (χ4n) is 1.85. The molecule has 1 N–H and O–H groups in total. The van der Waals surface area contributed by atoms with Crippen molar-refractivity contribution < 1.29 is 9.53 Å². The Morgan fingerprint density at radius 3 is 2.41 bits per heavy atom. The molecule has 0 saturated heterocycles. The van der Waals surface area contributed by atoms with Gasteiger partial charge in [-0.1, -0.05) is 36.4 Å². The Labute approximate surface area is 130 Å². The van der Waals surface area contributed by atoms with Gasteiger partial charge in [0.05, 0.1) is 13.3 Å². The van der Waals surface area contributed by atoms with Crippen molar-refractivity contribution in [2.24, 2.45) is 5.10 Å². The third kappa shape index (κ3) is 4.59. The van der Waals surface area contributed by atoms with Crippen LogP contribution in [0.25, 0.3) is 6.08 Å². The molecule has 22 heavy (non-hydrogen) atoms. The van der Waals surface area contributed by atoms with Crippen LogP contribution in [0.15, 0.2) is 65.3 Å². The van der Waals surface area contributed by atoms with Crippen molar-refractivity contribution in [1.29, 1.82) is 0 Å². The van der Waals surface area contributed by atoms with E-state index in [-0.39, 0.29) is 5.91 Å². The molecule has 0 aliphatic carbocycles. The van der Waals surface area contributed by atoms with Crippen LogP contribution in [0.4, 0.5) is 0 Å². The number of hydrazone groups is 1. The van der Waals surface area contributed by atoms with Gasteiger partial charge in [0.25, 0.3) is 5.91 Å². The SMILES string of the molecule is COc1ccc(C(=O)N/N=C/C(C)=C\c2ccccc2)cc1. The lowest BCUT2D eigenvalue weighted by molar-refractivity contribution is 0.0955. The Hall–Kier alpha value is -2.88. The lowest BCUT2D eigenvalue weighted by Gasteiger charge is -2.02. The fraction of sp³-hybridized carbons (Fsp3) is 0.111. The van der Waals surface area contributed by atoms with Crippen LogP contribution in [0, 0.1) is 0 Å². The van der Waals surface area contributed by atoms with Crippen LogP contribution in [0.1, 0.15) is 22.8 Å². The van der Waals surface area contributed by atoms with Crippen molar-refractivity contribution in [1.82, 2.24) is 5.43 Å². The molecule has 0 bridgehead atoms. The van der Waals surface area contributed by atoms with E-state index in [1.54, 1.807) is 37.6 Å². The summed E-state index contributed by atoms with van der Waals surface area (Å²) in [5.74, 6) is 0.452. The number of carbonyl (C=O) groups is 1. The topological polar surface area (TPSA) is 50.7 Å². The maximum Gasteiger partial charge on any atom is 0.271 e. The fourth-order valence-corrected chi connectivity index (χ4v) is 1.85. The van der Waals surface area contributed by atoms with Gasteiger partial charge in [0.2, 0.25) is 0 Å². The predicted octanol–water partition coefficient (Wildman–Crippen LogP) is 3.51. The molecule has 2 aromatic rings. The number of allylic oxidation sites excluding steroid dienone is 1. The normalized spacial score (nSPS) is 11.5. The molecule has 0 spiro atoms. The summed E-state index contributed by atoms with van der Waals surface area (Å²) in [6.07, 6.45) is 3.61. The first-order chi connectivity index (χ1) is 10.7. The van der Waals surface area contributed by atoms with Gasteiger partial charge in [-0.05, 0) is 42.3 Å². The maximum atomic E-state index is 11.9. The van der Waals surface area contributed by atoms with E-state index in [2.05, 4.69) is 10.5 Å². The van der Waals surface area contributed by atoms with Gasteiger partial charge in [-0.3, -0.25) is 4.79 Å². The second-order valence-corrected chi connectivity index (χ2v) is 4.73. The molecule has 2 rings (SSSR count). The molecule has 0 aliphatic heterocycles. The van der Waals surface area contributed by atoms with E-state index in [9.17, 15) is 4.79 Å². The van der Waals surface area contributed by atoms with Crippen LogP contribution < -0.4 is 10.2 Å². The molecule has 0 unspecified atom stereocenters. The van der Waals surface area contributed by atoms with Crippen molar-refractivity contribution in [2.45, 2.75) is 6.92 Å². The number of hydrogen-bond acceptors (Lipinski definition) is 3. The first-order valence-electron chi connectivity index (χ1n) is 6.90. The van der Waals surface area contributed by atoms with Gasteiger partial charge in [0.1, 0.15) is 5.75 Å². The summed E-state index contributed by atoms with van der Waals surface area (Å²) in [6, 6.07) is 16.8. The molecule has 0 radical (unpaired) electrons. The minimum atomic E-state index is -0.258. The highest BCUT2D eigenvalue weighted by Crippen LogP contribution is 2.11. The molecule has 4 nitrogen and oxygen atoms in total. The largest absolute Gasteiger partial charge is 0.497 e. The Kier molecular flexibility index (Phi) is 5.49. The smallest absolute Gasteiger partial charge is 0.271 e. The summed E-state index contributed by atoms with van der Waals surface area (Å²) in [4.78, 5) is 11.9. The average molecular weight is 294 g/mol. The highest BCUT2D eigenvalue weighted by molar-refractivity contribution is 5.95. The van der Waals surface area contributed by atoms with Gasteiger partial charge in [-0.15, -0.1) is 0 Å². The van der Waals surface area contributed by atoms with Gasteiger partial charge in [0.15, 0.2) is 0 Å². The summed E-state index contributed by atoms with van der Waals surface area (Å²) < 4.78 is 5.05. The van der Waals surface area contributed by atoms with Crippen LogP contribution in [-0.2, 0) is 0 Å². The quantitative estimate of drug-likeness (QED) is 0.677. The van der Waals surface area contributed by atoms with Crippen LogP contribution >= 0.6 is 0 Å². The number of benzene rings is 2. The first kappa shape index (κ1) is 15.5. The zero-order valence-electron chi connectivity index (χ0n) is 12.6. The monoisotopic (exact) mass is 294 g/mol. The second-order valence-electron chi connectivity index (χ2n) is 4.73. The van der Waals surface area contributed by atoms with Crippen molar-refractivity contribution in [3.05, 3.63) is 71.3 Å². The Bertz CT molecular complexity index is 674. The van der Waals surface area contributed by atoms with E-state index in [0.29, 0.717) is 11.3 Å². The number of rotatable bonds is 5. The van der Waals surface area contributed by atoms with Gasteiger partial charge in [-0.2, -0.15) is 5.10 Å². The zero-order chi connectivity index (χ0) is 15.8. The number of nitrogens with zero attached hydrogens (tertiary/aromatic N) is 1. The predicted molar refractivity (Wildman–Crippen MR) is 89.0 cm³/mol. The highest BCUT2D eigenvalue weighted by Gasteiger charge is 2.03. The number of methoxy groups -OCH3 is 1. The summed E-state index contributed by atoms with van der Waals surface area (Å²) in [6.45, 7) is 1.93. The van der Waals surface area contributed by atoms with Crippen molar-refractivity contribution in [3.8, 4) is 5.75 Å². The first-order valence-corrected chi connectivity index (χ1v) is 6.90. The molecule has 0 fully saturated rings. The van der Waals surface area contributed by atoms with E-state index in [0.717, 1.165) is 11.1 Å². The number of hydrogen-bond donors (Lipinski definition) is 1. The molecule has 0 aliphatic rings.